The quantitative estimate of drug-likeness (QED) is 0.700. The second-order valence-electron chi connectivity index (χ2n) is 5.06. The number of para-hydroxylation sites is 1. The zero-order valence-electron chi connectivity index (χ0n) is 12.9. The molecule has 6 nitrogen and oxygen atoms in total. The number of benzene rings is 2. The zero-order chi connectivity index (χ0) is 17.7. The van der Waals surface area contributed by atoms with E-state index in [9.17, 15) is 14.4 Å². The molecule has 0 bridgehead atoms. The number of hydrogen-bond acceptors (Lipinski definition) is 4. The van der Waals surface area contributed by atoms with Crippen LogP contribution in [0.4, 0.5) is 11.4 Å². The molecule has 0 unspecified atom stereocenters. The molecule has 124 valence electrons. The first kappa shape index (κ1) is 17.5. The van der Waals surface area contributed by atoms with Gasteiger partial charge in [-0.3, -0.25) is 14.4 Å². The SMILES string of the molecule is CC(=O)c1ccccc1NC(=O)CNc1ccc(C(N)=O)c(Cl)c1. The Morgan fingerprint density at radius 3 is 2.42 bits per heavy atom. The molecule has 2 amide bonds. The van der Waals surface area contributed by atoms with Crippen LogP contribution in [0, 0.1) is 0 Å². The summed E-state index contributed by atoms with van der Waals surface area (Å²) in [5.41, 5.74) is 6.86. The van der Waals surface area contributed by atoms with E-state index in [0.717, 1.165) is 0 Å². The first-order valence-electron chi connectivity index (χ1n) is 7.11. The highest BCUT2D eigenvalue weighted by Crippen LogP contribution is 2.20. The number of anilines is 2. The fourth-order valence-corrected chi connectivity index (χ4v) is 2.37. The van der Waals surface area contributed by atoms with E-state index in [-0.39, 0.29) is 28.8 Å². The van der Waals surface area contributed by atoms with Crippen LogP contribution in [0.1, 0.15) is 27.6 Å². The standard InChI is InChI=1S/C17H16ClN3O3/c1-10(22)12-4-2-3-5-15(12)21-16(23)9-20-11-6-7-13(17(19)24)14(18)8-11/h2-8,20H,9H2,1H3,(H2,19,24)(H,21,23). The van der Waals surface area contributed by atoms with E-state index in [2.05, 4.69) is 10.6 Å². The van der Waals surface area contributed by atoms with Crippen LogP contribution in [0.2, 0.25) is 5.02 Å². The average Bonchev–Trinajstić information content (AvgIpc) is 2.53. The minimum Gasteiger partial charge on any atom is -0.376 e. The van der Waals surface area contributed by atoms with Gasteiger partial charge in [-0.1, -0.05) is 23.7 Å². The highest BCUT2D eigenvalue weighted by atomic mass is 35.5. The van der Waals surface area contributed by atoms with Crippen LogP contribution in [0.3, 0.4) is 0 Å². The lowest BCUT2D eigenvalue weighted by atomic mass is 10.1. The van der Waals surface area contributed by atoms with Crippen LogP contribution in [0.25, 0.3) is 0 Å². The van der Waals surface area contributed by atoms with Gasteiger partial charge in [0.2, 0.25) is 11.8 Å². The Hall–Kier alpha value is -2.86. The highest BCUT2D eigenvalue weighted by molar-refractivity contribution is 6.34. The molecule has 4 N–H and O–H groups in total. The van der Waals surface area contributed by atoms with Gasteiger partial charge in [0.05, 0.1) is 22.8 Å². The summed E-state index contributed by atoms with van der Waals surface area (Å²) in [6.07, 6.45) is 0. The van der Waals surface area contributed by atoms with E-state index in [1.165, 1.54) is 19.1 Å². The van der Waals surface area contributed by atoms with Gasteiger partial charge in [-0.15, -0.1) is 0 Å². The summed E-state index contributed by atoms with van der Waals surface area (Å²) in [6.45, 7) is 1.41. The largest absolute Gasteiger partial charge is 0.376 e. The van der Waals surface area contributed by atoms with Gasteiger partial charge in [0.1, 0.15) is 0 Å². The van der Waals surface area contributed by atoms with E-state index >= 15 is 0 Å². The molecule has 0 radical (unpaired) electrons. The van der Waals surface area contributed by atoms with Crippen LogP contribution in [-0.2, 0) is 4.79 Å². The third kappa shape index (κ3) is 4.33. The Balaban J connectivity index is 2.00. The van der Waals surface area contributed by atoms with Crippen molar-refractivity contribution < 1.29 is 14.4 Å². The Kier molecular flexibility index (Phi) is 5.55. The minimum atomic E-state index is -0.620. The van der Waals surface area contributed by atoms with Crippen molar-refractivity contribution in [2.75, 3.05) is 17.2 Å². The van der Waals surface area contributed by atoms with Gasteiger partial charge in [0, 0.05) is 11.3 Å². The molecule has 0 atom stereocenters. The Morgan fingerprint density at radius 1 is 1.08 bits per heavy atom. The van der Waals surface area contributed by atoms with Gasteiger partial charge in [0.15, 0.2) is 5.78 Å². The predicted octanol–water partition coefficient (Wildman–Crippen LogP) is 2.69. The number of ketones is 1. The molecule has 2 aromatic carbocycles. The third-order valence-corrected chi connectivity index (χ3v) is 3.58. The maximum absolute atomic E-state index is 12.0. The molecule has 7 heteroatoms. The van der Waals surface area contributed by atoms with Crippen LogP contribution >= 0.6 is 11.6 Å². The highest BCUT2D eigenvalue weighted by Gasteiger charge is 2.10. The lowest BCUT2D eigenvalue weighted by Gasteiger charge is -2.11. The van der Waals surface area contributed by atoms with Crippen molar-refractivity contribution in [1.29, 1.82) is 0 Å². The Labute approximate surface area is 144 Å². The van der Waals surface area contributed by atoms with Crippen molar-refractivity contribution >= 4 is 40.6 Å². The fourth-order valence-electron chi connectivity index (χ4n) is 2.10. The van der Waals surface area contributed by atoms with E-state index in [1.807, 2.05) is 0 Å². The lowest BCUT2D eigenvalue weighted by Crippen LogP contribution is -2.22. The molecule has 0 saturated carbocycles. The van der Waals surface area contributed by atoms with Crippen LogP contribution in [-0.4, -0.2) is 24.1 Å². The molecule has 24 heavy (non-hydrogen) atoms. The van der Waals surface area contributed by atoms with Gasteiger partial charge in [-0.2, -0.15) is 0 Å². The van der Waals surface area contributed by atoms with Crippen molar-refractivity contribution in [3.63, 3.8) is 0 Å². The van der Waals surface area contributed by atoms with Crippen molar-refractivity contribution in [3.8, 4) is 0 Å². The second-order valence-corrected chi connectivity index (χ2v) is 5.47. The summed E-state index contributed by atoms with van der Waals surface area (Å²) >= 11 is 5.95. The molecule has 0 aliphatic heterocycles. The number of primary amides is 1. The lowest BCUT2D eigenvalue weighted by molar-refractivity contribution is -0.114. The second kappa shape index (κ2) is 7.61. The Morgan fingerprint density at radius 2 is 1.79 bits per heavy atom. The number of Topliss-reactive ketones (excluding diaryl/α,β-unsaturated/α-hetero) is 1. The number of hydrogen-bond donors (Lipinski definition) is 3. The minimum absolute atomic E-state index is 0.0293. The van der Waals surface area contributed by atoms with Crippen molar-refractivity contribution in [3.05, 3.63) is 58.6 Å². The monoisotopic (exact) mass is 345 g/mol. The average molecular weight is 346 g/mol. The van der Waals surface area contributed by atoms with E-state index in [0.29, 0.717) is 16.9 Å². The van der Waals surface area contributed by atoms with E-state index < -0.39 is 5.91 Å². The topological polar surface area (TPSA) is 101 Å². The number of nitrogens with one attached hydrogen (secondary N) is 2. The molecule has 0 aromatic heterocycles. The fraction of sp³-hybridized carbons (Fsp3) is 0.118. The maximum Gasteiger partial charge on any atom is 0.250 e. The molecule has 0 fully saturated rings. The van der Waals surface area contributed by atoms with E-state index in [4.69, 9.17) is 17.3 Å². The molecule has 0 heterocycles. The first-order chi connectivity index (χ1) is 11.4. The summed E-state index contributed by atoms with van der Waals surface area (Å²) in [5.74, 6) is -1.07. The van der Waals surface area contributed by atoms with Crippen molar-refractivity contribution in [2.45, 2.75) is 6.92 Å². The van der Waals surface area contributed by atoms with Crippen molar-refractivity contribution in [2.24, 2.45) is 5.73 Å². The molecular formula is C17H16ClN3O3. The summed E-state index contributed by atoms with van der Waals surface area (Å²) in [4.78, 5) is 34.7. The summed E-state index contributed by atoms with van der Waals surface area (Å²) in [7, 11) is 0. The molecule has 0 spiro atoms. The van der Waals surface area contributed by atoms with E-state index in [1.54, 1.807) is 30.3 Å². The van der Waals surface area contributed by atoms with Crippen LogP contribution in [0.15, 0.2) is 42.5 Å². The van der Waals surface area contributed by atoms with Crippen LogP contribution in [0.5, 0.6) is 0 Å². The van der Waals surface area contributed by atoms with Crippen molar-refractivity contribution in [1.82, 2.24) is 0 Å². The van der Waals surface area contributed by atoms with Crippen LogP contribution < -0.4 is 16.4 Å². The van der Waals surface area contributed by atoms with Gasteiger partial charge in [-0.25, -0.2) is 0 Å². The molecular weight excluding hydrogens is 330 g/mol. The third-order valence-electron chi connectivity index (χ3n) is 3.27. The number of amides is 2. The smallest absolute Gasteiger partial charge is 0.250 e. The van der Waals surface area contributed by atoms with Gasteiger partial charge in [0.25, 0.3) is 0 Å². The molecule has 0 aliphatic carbocycles. The molecule has 2 rings (SSSR count). The maximum atomic E-state index is 12.0. The molecule has 0 saturated heterocycles. The summed E-state index contributed by atoms with van der Waals surface area (Å²) in [5, 5.41) is 5.77. The molecule has 2 aromatic rings. The zero-order valence-corrected chi connectivity index (χ0v) is 13.7. The molecule has 0 aliphatic rings. The van der Waals surface area contributed by atoms with Gasteiger partial charge >= 0.3 is 0 Å². The number of nitrogens with two attached hydrogens (primary N) is 1. The number of carbonyl (C=O) groups excluding carboxylic acids is 3. The summed E-state index contributed by atoms with van der Waals surface area (Å²) in [6, 6.07) is 11.4. The number of carbonyl (C=O) groups is 3. The first-order valence-corrected chi connectivity index (χ1v) is 7.49. The summed E-state index contributed by atoms with van der Waals surface area (Å²) < 4.78 is 0. The Bertz CT molecular complexity index is 805. The number of halogens is 1. The predicted molar refractivity (Wildman–Crippen MR) is 93.5 cm³/mol. The van der Waals surface area contributed by atoms with Gasteiger partial charge in [-0.05, 0) is 37.3 Å². The van der Waals surface area contributed by atoms with Gasteiger partial charge < -0.3 is 16.4 Å². The number of rotatable bonds is 6. The normalized spacial score (nSPS) is 10.1.